The Morgan fingerprint density at radius 2 is 1.88 bits per heavy atom. The molecule has 1 atom stereocenters. The fourth-order valence-corrected chi connectivity index (χ4v) is 3.24. The molecule has 0 radical (unpaired) electrons. The maximum Gasteiger partial charge on any atom is 0.0204 e. The summed E-state index contributed by atoms with van der Waals surface area (Å²) in [5, 5.41) is 3.40. The van der Waals surface area contributed by atoms with Crippen molar-refractivity contribution in [3.63, 3.8) is 0 Å². The zero-order valence-electron chi connectivity index (χ0n) is 11.7. The lowest BCUT2D eigenvalue weighted by molar-refractivity contribution is 0.162. The molecule has 0 amide bonds. The van der Waals surface area contributed by atoms with E-state index >= 15 is 0 Å². The third-order valence-electron chi connectivity index (χ3n) is 3.99. The maximum absolute atomic E-state index is 3.40. The van der Waals surface area contributed by atoms with Crippen LogP contribution in [0.25, 0.3) is 0 Å². The van der Waals surface area contributed by atoms with Crippen molar-refractivity contribution < 1.29 is 0 Å². The van der Waals surface area contributed by atoms with Gasteiger partial charge >= 0.3 is 0 Å². The SMILES string of the molecule is CCCC(C)(CCC)CN1CCC(NC)C1. The molecule has 1 unspecified atom stereocenters. The van der Waals surface area contributed by atoms with Crippen molar-refractivity contribution >= 4 is 0 Å². The minimum Gasteiger partial charge on any atom is -0.316 e. The Morgan fingerprint density at radius 1 is 1.25 bits per heavy atom. The average molecular weight is 226 g/mol. The van der Waals surface area contributed by atoms with Gasteiger partial charge in [0.05, 0.1) is 0 Å². The highest BCUT2D eigenvalue weighted by Gasteiger charge is 2.29. The molecule has 1 rings (SSSR count). The standard InChI is InChI=1S/C14H30N2/c1-5-8-14(3,9-6-2)12-16-10-7-13(11-16)15-4/h13,15H,5-12H2,1-4H3. The van der Waals surface area contributed by atoms with Crippen LogP contribution in [-0.4, -0.2) is 37.6 Å². The van der Waals surface area contributed by atoms with Crippen LogP contribution < -0.4 is 5.32 Å². The van der Waals surface area contributed by atoms with Crippen LogP contribution in [0.3, 0.4) is 0 Å². The maximum atomic E-state index is 3.40. The summed E-state index contributed by atoms with van der Waals surface area (Å²) in [7, 11) is 2.09. The van der Waals surface area contributed by atoms with E-state index in [0.29, 0.717) is 5.41 Å². The fourth-order valence-electron chi connectivity index (χ4n) is 3.24. The number of nitrogens with one attached hydrogen (secondary N) is 1. The van der Waals surface area contributed by atoms with E-state index in [2.05, 4.69) is 38.0 Å². The number of rotatable bonds is 7. The van der Waals surface area contributed by atoms with Gasteiger partial charge in [-0.05, 0) is 38.3 Å². The van der Waals surface area contributed by atoms with Gasteiger partial charge in [-0.3, -0.25) is 0 Å². The summed E-state index contributed by atoms with van der Waals surface area (Å²) in [6.07, 6.45) is 6.72. The van der Waals surface area contributed by atoms with Crippen molar-refractivity contribution in [2.45, 2.75) is 58.9 Å². The van der Waals surface area contributed by atoms with E-state index in [4.69, 9.17) is 0 Å². The molecule has 1 saturated heterocycles. The predicted molar refractivity (Wildman–Crippen MR) is 71.8 cm³/mol. The van der Waals surface area contributed by atoms with Crippen LogP contribution in [0.15, 0.2) is 0 Å². The zero-order chi connectivity index (χ0) is 12.0. The van der Waals surface area contributed by atoms with Gasteiger partial charge < -0.3 is 10.2 Å². The Balaban J connectivity index is 2.42. The molecule has 96 valence electrons. The van der Waals surface area contributed by atoms with Gasteiger partial charge in [0, 0.05) is 19.1 Å². The third kappa shape index (κ3) is 4.06. The highest BCUT2D eigenvalue weighted by molar-refractivity contribution is 4.85. The molecule has 0 saturated carbocycles. The molecule has 1 N–H and O–H groups in total. The second-order valence-corrected chi connectivity index (χ2v) is 5.82. The first-order valence-electron chi connectivity index (χ1n) is 7.03. The summed E-state index contributed by atoms with van der Waals surface area (Å²) in [6, 6.07) is 0.729. The number of nitrogens with zero attached hydrogens (tertiary/aromatic N) is 1. The van der Waals surface area contributed by atoms with Gasteiger partial charge in [0.1, 0.15) is 0 Å². The molecule has 0 bridgehead atoms. The highest BCUT2D eigenvalue weighted by atomic mass is 15.2. The topological polar surface area (TPSA) is 15.3 Å². The Labute approximate surface area is 102 Å². The first-order chi connectivity index (χ1) is 7.63. The molecule has 16 heavy (non-hydrogen) atoms. The third-order valence-corrected chi connectivity index (χ3v) is 3.99. The Bertz CT molecular complexity index is 185. The summed E-state index contributed by atoms with van der Waals surface area (Å²) in [5.41, 5.74) is 0.548. The van der Waals surface area contributed by atoms with Crippen LogP contribution >= 0.6 is 0 Å². The lowest BCUT2D eigenvalue weighted by Gasteiger charge is -2.33. The first-order valence-corrected chi connectivity index (χ1v) is 7.03. The number of likely N-dealkylation sites (N-methyl/N-ethyl adjacent to an activating group) is 1. The zero-order valence-corrected chi connectivity index (χ0v) is 11.7. The lowest BCUT2D eigenvalue weighted by atomic mass is 9.81. The number of likely N-dealkylation sites (tertiary alicyclic amines) is 1. The van der Waals surface area contributed by atoms with Crippen molar-refractivity contribution in [3.8, 4) is 0 Å². The van der Waals surface area contributed by atoms with Crippen molar-refractivity contribution in [3.05, 3.63) is 0 Å². The summed E-state index contributed by atoms with van der Waals surface area (Å²) < 4.78 is 0. The number of hydrogen-bond donors (Lipinski definition) is 1. The summed E-state index contributed by atoms with van der Waals surface area (Å²) in [6.45, 7) is 10.9. The fraction of sp³-hybridized carbons (Fsp3) is 1.00. The summed E-state index contributed by atoms with van der Waals surface area (Å²) in [5.74, 6) is 0. The molecule has 1 heterocycles. The van der Waals surface area contributed by atoms with Crippen molar-refractivity contribution in [2.24, 2.45) is 5.41 Å². The summed E-state index contributed by atoms with van der Waals surface area (Å²) in [4.78, 5) is 2.66. The van der Waals surface area contributed by atoms with E-state index in [9.17, 15) is 0 Å². The second-order valence-electron chi connectivity index (χ2n) is 5.82. The molecule has 0 aliphatic carbocycles. The van der Waals surface area contributed by atoms with Crippen molar-refractivity contribution in [2.75, 3.05) is 26.7 Å². The molecule has 2 heteroatoms. The van der Waals surface area contributed by atoms with Crippen LogP contribution in [0.2, 0.25) is 0 Å². The Hall–Kier alpha value is -0.0800. The molecular formula is C14H30N2. The molecule has 0 aromatic rings. The van der Waals surface area contributed by atoms with Crippen molar-refractivity contribution in [1.82, 2.24) is 10.2 Å². The molecule has 0 spiro atoms. The first kappa shape index (κ1) is 14.0. The average Bonchev–Trinajstić information content (AvgIpc) is 2.65. The van der Waals surface area contributed by atoms with E-state index in [1.807, 2.05) is 0 Å². The van der Waals surface area contributed by atoms with Crippen LogP contribution in [0, 0.1) is 5.41 Å². The van der Waals surface area contributed by atoms with Crippen molar-refractivity contribution in [1.29, 1.82) is 0 Å². The molecule has 0 aromatic heterocycles. The molecule has 1 aliphatic heterocycles. The predicted octanol–water partition coefficient (Wildman–Crippen LogP) is 2.89. The van der Waals surface area contributed by atoms with Crippen LogP contribution in [0.5, 0.6) is 0 Å². The Morgan fingerprint density at radius 3 is 2.31 bits per heavy atom. The monoisotopic (exact) mass is 226 g/mol. The van der Waals surface area contributed by atoms with Crippen LogP contribution in [-0.2, 0) is 0 Å². The molecule has 1 fully saturated rings. The van der Waals surface area contributed by atoms with Gasteiger partial charge in [-0.15, -0.1) is 0 Å². The van der Waals surface area contributed by atoms with Gasteiger partial charge in [-0.2, -0.15) is 0 Å². The van der Waals surface area contributed by atoms with Crippen LogP contribution in [0.1, 0.15) is 52.9 Å². The second kappa shape index (κ2) is 6.61. The summed E-state index contributed by atoms with van der Waals surface area (Å²) >= 11 is 0. The van der Waals surface area contributed by atoms with E-state index in [0.717, 1.165) is 6.04 Å². The highest BCUT2D eigenvalue weighted by Crippen LogP contribution is 2.31. The molecular weight excluding hydrogens is 196 g/mol. The Kier molecular flexibility index (Phi) is 5.77. The van der Waals surface area contributed by atoms with Gasteiger partial charge in [0.15, 0.2) is 0 Å². The van der Waals surface area contributed by atoms with Gasteiger partial charge in [0.25, 0.3) is 0 Å². The molecule has 0 aromatic carbocycles. The molecule has 2 nitrogen and oxygen atoms in total. The van der Waals surface area contributed by atoms with E-state index in [-0.39, 0.29) is 0 Å². The van der Waals surface area contributed by atoms with Gasteiger partial charge in [-0.25, -0.2) is 0 Å². The quantitative estimate of drug-likeness (QED) is 0.718. The van der Waals surface area contributed by atoms with Gasteiger partial charge in [0.2, 0.25) is 0 Å². The number of hydrogen-bond acceptors (Lipinski definition) is 2. The van der Waals surface area contributed by atoms with E-state index < -0.39 is 0 Å². The smallest absolute Gasteiger partial charge is 0.0204 e. The van der Waals surface area contributed by atoms with E-state index in [1.165, 1.54) is 51.7 Å². The van der Waals surface area contributed by atoms with Gasteiger partial charge in [-0.1, -0.05) is 33.6 Å². The lowest BCUT2D eigenvalue weighted by Crippen LogP contribution is -2.37. The largest absolute Gasteiger partial charge is 0.316 e. The normalized spacial score (nSPS) is 22.9. The minimum atomic E-state index is 0.548. The minimum absolute atomic E-state index is 0.548. The van der Waals surface area contributed by atoms with E-state index in [1.54, 1.807) is 0 Å². The van der Waals surface area contributed by atoms with Crippen LogP contribution in [0.4, 0.5) is 0 Å². The molecule has 1 aliphatic rings.